The molecular formula is C67H56Br2Cl7F2N3O6S. The number of alkyl halides is 5. The molecule has 0 aliphatic rings. The van der Waals surface area contributed by atoms with E-state index in [1.807, 2.05) is 91.9 Å². The second-order valence-electron chi connectivity index (χ2n) is 17.2. The third-order valence-corrected chi connectivity index (χ3v) is 14.6. The Balaban J connectivity index is 0.000000496. The van der Waals surface area contributed by atoms with E-state index in [-0.39, 0.29) is 16.5 Å². The zero-order chi connectivity index (χ0) is 65.9. The Morgan fingerprint density at radius 3 is 0.943 bits per heavy atom. The van der Waals surface area contributed by atoms with Gasteiger partial charge in [0.15, 0.2) is 11.4 Å². The van der Waals surface area contributed by atoms with Gasteiger partial charge in [0.25, 0.3) is 21.0 Å². The molecule has 9 aromatic carbocycles. The molecule has 0 bridgehead atoms. The Morgan fingerprint density at radius 2 is 0.648 bits per heavy atom. The van der Waals surface area contributed by atoms with Crippen molar-refractivity contribution in [3.63, 3.8) is 0 Å². The van der Waals surface area contributed by atoms with E-state index < -0.39 is 31.0 Å². The number of aryl methyl sites for hydroxylation is 2. The van der Waals surface area contributed by atoms with Crippen LogP contribution in [0.15, 0.2) is 235 Å². The smallest absolute Gasteiger partial charge is 0.252 e. The van der Waals surface area contributed by atoms with Crippen LogP contribution < -0.4 is 5.14 Å². The van der Waals surface area contributed by atoms with Crippen molar-refractivity contribution in [2.45, 2.75) is 47.0 Å². The predicted octanol–water partition coefficient (Wildman–Crippen LogP) is 21.3. The molecule has 9 rings (SSSR count). The van der Waals surface area contributed by atoms with Gasteiger partial charge in [0.1, 0.15) is 11.6 Å². The summed E-state index contributed by atoms with van der Waals surface area (Å²) in [6.45, 7) is 17.3. The topological polar surface area (TPSA) is 137 Å². The van der Waals surface area contributed by atoms with Gasteiger partial charge < -0.3 is 0 Å². The lowest BCUT2D eigenvalue weighted by atomic mass is 10.2. The fourth-order valence-corrected chi connectivity index (χ4v) is 8.05. The summed E-state index contributed by atoms with van der Waals surface area (Å²) in [7, 11) is -3.54. The minimum absolute atomic E-state index is 0.146. The maximum atomic E-state index is 12.2. The van der Waals surface area contributed by atoms with Gasteiger partial charge in [-0.3, -0.25) is 19.2 Å². The summed E-state index contributed by atoms with van der Waals surface area (Å²) in [6.07, 6.45) is 0. The van der Waals surface area contributed by atoms with Crippen molar-refractivity contribution in [2.24, 2.45) is 5.14 Å². The first-order valence-corrected chi connectivity index (χ1v) is 32.2. The average molecular weight is 1480 g/mol. The summed E-state index contributed by atoms with van der Waals surface area (Å²) < 4.78 is 46.0. The number of nitrogens with zero attached hydrogens (tertiary/aromatic N) is 2. The van der Waals surface area contributed by atoms with E-state index >= 15 is 0 Å². The Bertz CT molecular complexity index is 3570. The minimum atomic E-state index is -3.54. The number of hydrogen-bond donors (Lipinski definition) is 1. The molecule has 0 aromatic heterocycles. The maximum absolute atomic E-state index is 12.2. The molecule has 0 saturated heterocycles. The van der Waals surface area contributed by atoms with E-state index in [1.54, 1.807) is 72.8 Å². The number of halogens is 11. The molecule has 458 valence electrons. The molecule has 2 N–H and O–H groups in total. The second kappa shape index (κ2) is 46.5. The Morgan fingerprint density at radius 1 is 0.398 bits per heavy atom. The van der Waals surface area contributed by atoms with E-state index in [1.165, 1.54) is 82.9 Å². The second-order valence-corrected chi connectivity index (χ2v) is 22.1. The van der Waals surface area contributed by atoms with E-state index in [0.29, 0.717) is 56.6 Å². The monoisotopic (exact) mass is 1470 g/mol. The number of benzene rings is 9. The molecule has 21 heteroatoms. The number of nitrogens with two attached hydrogens (primary N) is 1. The number of carbonyl (C=O) groups is 4. The quantitative estimate of drug-likeness (QED) is 0.0822. The number of rotatable bonds is 10. The summed E-state index contributed by atoms with van der Waals surface area (Å²) in [5.41, 5.74) is 10.9. The van der Waals surface area contributed by atoms with Gasteiger partial charge in [-0.05, 0) is 149 Å². The molecule has 0 aliphatic heterocycles. The van der Waals surface area contributed by atoms with Gasteiger partial charge in [0, 0.05) is 50.6 Å². The van der Waals surface area contributed by atoms with Crippen molar-refractivity contribution in [1.82, 2.24) is 0 Å². The van der Waals surface area contributed by atoms with Crippen LogP contribution in [-0.4, -0.2) is 29.4 Å². The standard InChI is InChI=1S/C8H6BrN.C8H4ClNO.C8H7ClO.C8H9Cl.C7H8BrNO2S.C7H4ClFO.C7H6ClF.C7H5ClO.C7H7Cl/c1-10-8-4-2-7(6-9)3-5-8;1-10-7-4-2-6(3-5-7)8(9)11;1-6-2-4-7(5-3-6)8(9)10;1-7-2-4-8(6-9)5-3-7;8-5-6-1-3-7(4-2-6)12(9,10)11;8-7(10)5-1-3-6(9)4-2-5;8-5-6-1-3-7(9)4-2-6;8-7(9)6-4-2-1-3-5-6;8-6-7-4-2-1-3-5-7/h2-5H,6H2;2-5H;2-5H,1H3;2-5H,6H2,1H3;1-4H,5H2,(H2,9,10,11);1-4H;1-4H,5H2;1-5H;1-5H,6H2. The van der Waals surface area contributed by atoms with Gasteiger partial charge >= 0.3 is 0 Å². The van der Waals surface area contributed by atoms with Crippen LogP contribution in [0.25, 0.3) is 9.69 Å². The molecule has 0 spiro atoms. The lowest BCUT2D eigenvalue weighted by Crippen LogP contribution is -2.11. The highest BCUT2D eigenvalue weighted by Gasteiger charge is 2.06. The van der Waals surface area contributed by atoms with E-state index in [0.717, 1.165) is 22.0 Å². The first kappa shape index (κ1) is 79.4. The number of carbonyl (C=O) groups excluding carboxylic acids is 4. The van der Waals surface area contributed by atoms with Gasteiger partial charge in [-0.25, -0.2) is 32.0 Å². The molecule has 9 aromatic rings. The highest BCUT2D eigenvalue weighted by atomic mass is 79.9. The summed E-state index contributed by atoms with van der Waals surface area (Å²) in [5, 5.41) is 4.59. The van der Waals surface area contributed by atoms with E-state index in [9.17, 15) is 36.4 Å². The molecule has 0 fully saturated rings. The third kappa shape index (κ3) is 36.6. The van der Waals surface area contributed by atoms with Gasteiger partial charge in [-0.1, -0.05) is 213 Å². The molecule has 0 radical (unpaired) electrons. The van der Waals surface area contributed by atoms with Crippen LogP contribution >= 0.6 is 113 Å². The SMILES string of the molecule is Cc1ccc(C(=O)Cl)cc1.Cc1ccc(CCl)cc1.ClCc1ccccc1.Fc1ccc(CCl)cc1.NS(=O)(=O)c1ccc(CBr)cc1.O=C(Cl)c1ccc(F)cc1.O=C(Cl)c1ccccc1.[C-]#[N+]c1ccc(C(=O)Cl)cc1.[C-]#[N+]c1ccc(CBr)cc1. The molecule has 0 heterocycles. The molecule has 9 nitrogen and oxygen atoms in total. The van der Waals surface area contributed by atoms with Crippen LogP contribution in [0.4, 0.5) is 20.2 Å². The van der Waals surface area contributed by atoms with E-state index in [2.05, 4.69) is 60.6 Å². The summed E-state index contributed by atoms with van der Waals surface area (Å²) >= 11 is 43.8. The third-order valence-electron chi connectivity index (χ3n) is 10.5. The van der Waals surface area contributed by atoms with Crippen LogP contribution in [0.1, 0.15) is 80.4 Å². The van der Waals surface area contributed by atoms with Crippen LogP contribution in [0.5, 0.6) is 0 Å². The van der Waals surface area contributed by atoms with Crippen LogP contribution in [-0.2, 0) is 38.3 Å². The van der Waals surface area contributed by atoms with Gasteiger partial charge in [-0.2, -0.15) is 0 Å². The maximum Gasteiger partial charge on any atom is 0.252 e. The van der Waals surface area contributed by atoms with Crippen molar-refractivity contribution >= 4 is 155 Å². The molecule has 0 saturated carbocycles. The fraction of sp³-hybridized carbons (Fsp3) is 0.104. The molecule has 0 amide bonds. The summed E-state index contributed by atoms with van der Waals surface area (Å²) in [6, 6.07) is 65.4. The van der Waals surface area contributed by atoms with Crippen LogP contribution in [0.3, 0.4) is 0 Å². The molecule has 0 aliphatic carbocycles. The van der Waals surface area contributed by atoms with Gasteiger partial charge in [-0.15, -0.1) is 34.8 Å². The average Bonchev–Trinajstić information content (AvgIpc) is 3.57. The van der Waals surface area contributed by atoms with E-state index in [4.69, 9.17) is 99.5 Å². The Hall–Kier alpha value is -6.60. The highest BCUT2D eigenvalue weighted by molar-refractivity contribution is 9.08. The molecule has 0 unspecified atom stereocenters. The van der Waals surface area contributed by atoms with Crippen molar-refractivity contribution in [3.05, 3.63) is 326 Å². The number of sulfonamides is 1. The summed E-state index contributed by atoms with van der Waals surface area (Å²) in [5.74, 6) is 1.08. The van der Waals surface area contributed by atoms with Crippen molar-refractivity contribution < 1.29 is 36.4 Å². The van der Waals surface area contributed by atoms with Gasteiger partial charge in [0.2, 0.25) is 10.0 Å². The number of hydrogen-bond acceptors (Lipinski definition) is 6. The van der Waals surface area contributed by atoms with Crippen molar-refractivity contribution in [3.8, 4) is 0 Å². The summed E-state index contributed by atoms with van der Waals surface area (Å²) in [4.78, 5) is 48.5. The Labute approximate surface area is 565 Å². The first-order valence-electron chi connectivity index (χ1n) is 25.3. The number of primary sulfonamides is 1. The lowest BCUT2D eigenvalue weighted by molar-refractivity contribution is 0.107. The predicted molar refractivity (Wildman–Crippen MR) is 366 cm³/mol. The van der Waals surface area contributed by atoms with Crippen LogP contribution in [0.2, 0.25) is 0 Å². The highest BCUT2D eigenvalue weighted by Crippen LogP contribution is 2.16. The van der Waals surface area contributed by atoms with Crippen molar-refractivity contribution in [1.29, 1.82) is 0 Å². The molecule has 0 atom stereocenters. The normalized spacial score (nSPS) is 9.50. The molecule has 88 heavy (non-hydrogen) atoms. The minimum Gasteiger partial charge on any atom is -0.276 e. The first-order chi connectivity index (χ1) is 41.9. The van der Waals surface area contributed by atoms with Crippen molar-refractivity contribution in [2.75, 3.05) is 0 Å². The largest absolute Gasteiger partial charge is 0.276 e. The Kier molecular flexibility index (Phi) is 42.0. The zero-order valence-electron chi connectivity index (χ0n) is 47.0. The zero-order valence-corrected chi connectivity index (χ0v) is 56.2. The van der Waals surface area contributed by atoms with Gasteiger partial charge in [0.05, 0.1) is 18.0 Å². The molecular weight excluding hydrogens is 1420 g/mol. The van der Waals surface area contributed by atoms with Crippen LogP contribution in [0, 0.1) is 38.6 Å². The fourth-order valence-electron chi connectivity index (χ4n) is 5.75. The lowest BCUT2D eigenvalue weighted by Gasteiger charge is -1.98.